The van der Waals surface area contributed by atoms with Crippen LogP contribution in [0, 0.1) is 6.92 Å². The Morgan fingerprint density at radius 3 is 2.35 bits per heavy atom. The van der Waals surface area contributed by atoms with Crippen molar-refractivity contribution in [3.63, 3.8) is 0 Å². The van der Waals surface area contributed by atoms with E-state index in [2.05, 4.69) is 22.2 Å². The second-order valence-electron chi connectivity index (χ2n) is 5.84. The van der Waals surface area contributed by atoms with Gasteiger partial charge in [0.15, 0.2) is 5.13 Å². The minimum absolute atomic E-state index is 0.801. The number of hydrogen-bond acceptors (Lipinski definition) is 5. The van der Waals surface area contributed by atoms with E-state index >= 15 is 0 Å². The van der Waals surface area contributed by atoms with Gasteiger partial charge in [-0.3, -0.25) is 4.98 Å². The quantitative estimate of drug-likeness (QED) is 0.471. The first-order chi connectivity index (χ1) is 12.8. The number of nitrogens with one attached hydrogen (secondary N) is 1. The smallest absolute Gasteiger partial charge is 0.187 e. The third kappa shape index (κ3) is 3.90. The van der Waals surface area contributed by atoms with Crippen LogP contribution in [0.3, 0.4) is 0 Å². The van der Waals surface area contributed by atoms with Gasteiger partial charge in [0.05, 0.1) is 5.69 Å². The van der Waals surface area contributed by atoms with Crippen LogP contribution in [0.4, 0.5) is 10.8 Å². The van der Waals surface area contributed by atoms with E-state index in [9.17, 15) is 0 Å². The van der Waals surface area contributed by atoms with Crippen molar-refractivity contribution in [2.75, 3.05) is 5.32 Å². The lowest BCUT2D eigenvalue weighted by Gasteiger charge is -2.07. The number of pyridine rings is 1. The molecule has 0 saturated carbocycles. The zero-order chi connectivity index (χ0) is 17.8. The Labute approximate surface area is 156 Å². The summed E-state index contributed by atoms with van der Waals surface area (Å²) in [6, 6.07) is 19.8. The molecule has 0 radical (unpaired) electrons. The fourth-order valence-electron chi connectivity index (χ4n) is 2.45. The normalized spacial score (nSPS) is 10.5. The van der Waals surface area contributed by atoms with Gasteiger partial charge in [0, 0.05) is 29.0 Å². The van der Waals surface area contributed by atoms with E-state index in [1.165, 1.54) is 5.56 Å². The van der Waals surface area contributed by atoms with Crippen LogP contribution >= 0.6 is 11.3 Å². The van der Waals surface area contributed by atoms with Crippen LogP contribution in [0.25, 0.3) is 11.3 Å². The lowest BCUT2D eigenvalue weighted by Crippen LogP contribution is -1.90. The zero-order valence-corrected chi connectivity index (χ0v) is 15.0. The Bertz CT molecular complexity index is 980. The fourth-order valence-corrected chi connectivity index (χ4v) is 3.19. The van der Waals surface area contributed by atoms with Crippen LogP contribution in [0.2, 0.25) is 0 Å². The number of anilines is 2. The summed E-state index contributed by atoms with van der Waals surface area (Å²) in [6.07, 6.45) is 3.57. The number of benzene rings is 2. The molecule has 0 atom stereocenters. The molecule has 2 aromatic carbocycles. The minimum atomic E-state index is 0.801. The van der Waals surface area contributed by atoms with E-state index in [-0.39, 0.29) is 0 Å². The highest BCUT2D eigenvalue weighted by Crippen LogP contribution is 2.28. The molecule has 2 aromatic heterocycles. The fraction of sp³-hybridized carbons (Fsp3) is 0.0476. The van der Waals surface area contributed by atoms with E-state index in [0.29, 0.717) is 0 Å². The molecule has 0 unspecified atom stereocenters. The van der Waals surface area contributed by atoms with E-state index in [1.54, 1.807) is 17.5 Å². The average Bonchev–Trinajstić information content (AvgIpc) is 3.14. The van der Waals surface area contributed by atoms with Crippen LogP contribution in [0.1, 0.15) is 5.56 Å². The molecular formula is C21H17N3OS. The van der Waals surface area contributed by atoms with Gasteiger partial charge in [-0.05, 0) is 55.5 Å². The third-order valence-corrected chi connectivity index (χ3v) is 4.58. The van der Waals surface area contributed by atoms with Crippen molar-refractivity contribution in [1.29, 1.82) is 0 Å². The van der Waals surface area contributed by atoms with Gasteiger partial charge >= 0.3 is 0 Å². The molecule has 5 heteroatoms. The SMILES string of the molecule is Cc1ccc(Oc2ccc(Nc3nc(-c4cccnc4)cs3)cc2)cc1. The highest BCUT2D eigenvalue weighted by Gasteiger charge is 2.05. The van der Waals surface area contributed by atoms with Gasteiger partial charge in [-0.2, -0.15) is 0 Å². The molecule has 4 aromatic rings. The number of hydrogen-bond donors (Lipinski definition) is 1. The van der Waals surface area contributed by atoms with Crippen molar-refractivity contribution in [2.45, 2.75) is 6.92 Å². The molecule has 1 N–H and O–H groups in total. The molecule has 128 valence electrons. The van der Waals surface area contributed by atoms with E-state index in [1.807, 2.05) is 72.2 Å². The van der Waals surface area contributed by atoms with Crippen LogP contribution in [-0.2, 0) is 0 Å². The summed E-state index contributed by atoms with van der Waals surface area (Å²) in [5.41, 5.74) is 4.11. The highest BCUT2D eigenvalue weighted by atomic mass is 32.1. The van der Waals surface area contributed by atoms with Gasteiger partial charge in [0.25, 0.3) is 0 Å². The number of rotatable bonds is 5. The van der Waals surface area contributed by atoms with Crippen molar-refractivity contribution in [1.82, 2.24) is 9.97 Å². The third-order valence-electron chi connectivity index (χ3n) is 3.82. The summed E-state index contributed by atoms with van der Waals surface area (Å²) >= 11 is 1.57. The highest BCUT2D eigenvalue weighted by molar-refractivity contribution is 7.14. The van der Waals surface area contributed by atoms with Crippen LogP contribution in [0.15, 0.2) is 78.4 Å². The monoisotopic (exact) mass is 359 g/mol. The molecule has 0 bridgehead atoms. The number of nitrogens with zero attached hydrogens (tertiary/aromatic N) is 2. The molecule has 0 aliphatic carbocycles. The molecule has 4 rings (SSSR count). The second kappa shape index (κ2) is 7.37. The molecule has 4 nitrogen and oxygen atoms in total. The molecule has 26 heavy (non-hydrogen) atoms. The van der Waals surface area contributed by atoms with Gasteiger partial charge in [-0.1, -0.05) is 17.7 Å². The largest absolute Gasteiger partial charge is 0.457 e. The van der Waals surface area contributed by atoms with Gasteiger partial charge < -0.3 is 10.1 Å². The van der Waals surface area contributed by atoms with Crippen molar-refractivity contribution in [3.8, 4) is 22.8 Å². The number of ether oxygens (including phenoxy) is 1. The first-order valence-corrected chi connectivity index (χ1v) is 9.12. The number of thiazole rings is 1. The van der Waals surface area contributed by atoms with Crippen molar-refractivity contribution in [2.24, 2.45) is 0 Å². The lowest BCUT2D eigenvalue weighted by molar-refractivity contribution is 0.482. The minimum Gasteiger partial charge on any atom is -0.457 e. The summed E-state index contributed by atoms with van der Waals surface area (Å²) < 4.78 is 5.85. The summed E-state index contributed by atoms with van der Waals surface area (Å²) in [5.74, 6) is 1.63. The topological polar surface area (TPSA) is 47.0 Å². The Morgan fingerprint density at radius 2 is 1.65 bits per heavy atom. The predicted molar refractivity (Wildman–Crippen MR) is 106 cm³/mol. The average molecular weight is 359 g/mol. The van der Waals surface area contributed by atoms with Crippen molar-refractivity contribution >= 4 is 22.2 Å². The first kappa shape index (κ1) is 16.3. The summed E-state index contributed by atoms with van der Waals surface area (Å²) in [5, 5.41) is 6.19. The number of aryl methyl sites for hydroxylation is 1. The standard InChI is InChI=1S/C21H17N3OS/c1-15-4-8-18(9-5-15)25-19-10-6-17(7-11-19)23-21-24-20(14-26-21)16-3-2-12-22-13-16/h2-14H,1H3,(H,23,24). The van der Waals surface area contributed by atoms with E-state index in [4.69, 9.17) is 4.74 Å². The van der Waals surface area contributed by atoms with E-state index < -0.39 is 0 Å². The molecule has 0 fully saturated rings. The van der Waals surface area contributed by atoms with Gasteiger partial charge in [0.1, 0.15) is 11.5 Å². The first-order valence-electron chi connectivity index (χ1n) is 8.24. The van der Waals surface area contributed by atoms with Crippen LogP contribution in [-0.4, -0.2) is 9.97 Å². The maximum absolute atomic E-state index is 5.85. The molecule has 2 heterocycles. The Kier molecular flexibility index (Phi) is 4.62. The molecular weight excluding hydrogens is 342 g/mol. The predicted octanol–water partition coefficient (Wildman–Crippen LogP) is 6.05. The molecule has 0 saturated heterocycles. The maximum atomic E-state index is 5.85. The number of aromatic nitrogens is 2. The Balaban J connectivity index is 1.43. The molecule has 0 aliphatic rings. The molecule has 0 amide bonds. The van der Waals surface area contributed by atoms with Gasteiger partial charge in [-0.25, -0.2) is 4.98 Å². The van der Waals surface area contributed by atoms with Crippen LogP contribution < -0.4 is 10.1 Å². The zero-order valence-electron chi connectivity index (χ0n) is 14.2. The Morgan fingerprint density at radius 1 is 0.923 bits per heavy atom. The van der Waals surface area contributed by atoms with Crippen LogP contribution in [0.5, 0.6) is 11.5 Å². The van der Waals surface area contributed by atoms with Gasteiger partial charge in [0.2, 0.25) is 0 Å². The van der Waals surface area contributed by atoms with Gasteiger partial charge in [-0.15, -0.1) is 11.3 Å². The lowest BCUT2D eigenvalue weighted by atomic mass is 10.2. The van der Waals surface area contributed by atoms with Crippen molar-refractivity contribution in [3.05, 3.63) is 84.0 Å². The second-order valence-corrected chi connectivity index (χ2v) is 6.70. The maximum Gasteiger partial charge on any atom is 0.187 e. The summed E-state index contributed by atoms with van der Waals surface area (Å²) in [4.78, 5) is 8.74. The van der Waals surface area contributed by atoms with E-state index in [0.717, 1.165) is 33.6 Å². The summed E-state index contributed by atoms with van der Waals surface area (Å²) in [6.45, 7) is 2.06. The Hall–Kier alpha value is -3.18. The summed E-state index contributed by atoms with van der Waals surface area (Å²) in [7, 11) is 0. The molecule has 0 spiro atoms. The van der Waals surface area contributed by atoms with Crippen molar-refractivity contribution < 1.29 is 4.74 Å². The molecule has 0 aliphatic heterocycles.